The lowest BCUT2D eigenvalue weighted by Crippen LogP contribution is -2.04. The molecule has 0 aliphatic heterocycles. The molecular formula is C20H17N3. The van der Waals surface area contributed by atoms with Crippen molar-refractivity contribution >= 4 is 11.4 Å². The molecule has 0 bridgehead atoms. The molecule has 23 heavy (non-hydrogen) atoms. The quantitative estimate of drug-likeness (QED) is 0.521. The zero-order valence-corrected chi connectivity index (χ0v) is 12.9. The number of benzene rings is 2. The Balaban J connectivity index is 2.02. The third-order valence-electron chi connectivity index (χ3n) is 3.43. The first kappa shape index (κ1) is 14.9. The summed E-state index contributed by atoms with van der Waals surface area (Å²) in [5.74, 6) is 0. The molecule has 0 aliphatic rings. The van der Waals surface area contributed by atoms with Gasteiger partial charge in [-0.3, -0.25) is 4.98 Å². The van der Waals surface area contributed by atoms with E-state index in [-0.39, 0.29) is 0 Å². The number of hydrogen-bond donors (Lipinski definition) is 0. The second kappa shape index (κ2) is 7.27. The lowest BCUT2D eigenvalue weighted by atomic mass is 10.0. The minimum absolute atomic E-state index is 0.787. The summed E-state index contributed by atoms with van der Waals surface area (Å²) in [6.45, 7) is 1.92. The number of pyridine rings is 1. The van der Waals surface area contributed by atoms with Crippen LogP contribution in [0.3, 0.4) is 0 Å². The first-order chi connectivity index (χ1) is 11.3. The van der Waals surface area contributed by atoms with Crippen molar-refractivity contribution in [3.05, 3.63) is 102 Å². The summed E-state index contributed by atoms with van der Waals surface area (Å²) in [5, 5.41) is 8.89. The molecular weight excluding hydrogens is 282 g/mol. The average Bonchev–Trinajstić information content (AvgIpc) is 2.64. The third-order valence-corrected chi connectivity index (χ3v) is 3.43. The Hall–Kier alpha value is -3.07. The highest BCUT2D eigenvalue weighted by molar-refractivity contribution is 6.13. The molecule has 3 heteroatoms. The van der Waals surface area contributed by atoms with Crippen LogP contribution in [0, 0.1) is 0 Å². The van der Waals surface area contributed by atoms with Crippen LogP contribution in [0.2, 0.25) is 0 Å². The van der Waals surface area contributed by atoms with Gasteiger partial charge in [0.25, 0.3) is 0 Å². The molecule has 3 aromatic rings. The van der Waals surface area contributed by atoms with Gasteiger partial charge in [-0.05, 0) is 19.1 Å². The first-order valence-corrected chi connectivity index (χ1v) is 7.49. The van der Waals surface area contributed by atoms with Gasteiger partial charge in [0.15, 0.2) is 0 Å². The van der Waals surface area contributed by atoms with Crippen LogP contribution < -0.4 is 0 Å². The standard InChI is InChI=1S/C20H17N3/c1-16(19-14-8-9-15-21-19)22-23-20(17-10-4-2-5-11-17)18-12-6-3-7-13-18/h2-15H,1H3. The zero-order valence-electron chi connectivity index (χ0n) is 12.9. The normalized spacial score (nSPS) is 11.1. The predicted molar refractivity (Wildman–Crippen MR) is 95.0 cm³/mol. The van der Waals surface area contributed by atoms with E-state index in [9.17, 15) is 0 Å². The van der Waals surface area contributed by atoms with E-state index in [1.807, 2.05) is 85.8 Å². The SMILES string of the molecule is CC(=NN=C(c1ccccc1)c1ccccc1)c1ccccn1. The molecule has 0 fully saturated rings. The molecule has 0 aliphatic carbocycles. The van der Waals surface area contributed by atoms with E-state index in [4.69, 9.17) is 0 Å². The van der Waals surface area contributed by atoms with Crippen molar-refractivity contribution in [2.75, 3.05) is 0 Å². The maximum atomic E-state index is 4.51. The van der Waals surface area contributed by atoms with Crippen molar-refractivity contribution < 1.29 is 0 Å². The number of aromatic nitrogens is 1. The molecule has 1 aromatic heterocycles. The molecule has 0 unspecified atom stereocenters. The van der Waals surface area contributed by atoms with Crippen molar-refractivity contribution in [1.82, 2.24) is 4.98 Å². The fourth-order valence-electron chi connectivity index (χ4n) is 2.23. The highest BCUT2D eigenvalue weighted by atomic mass is 15.2. The summed E-state index contributed by atoms with van der Waals surface area (Å²) in [4.78, 5) is 4.30. The highest BCUT2D eigenvalue weighted by Crippen LogP contribution is 2.11. The summed E-state index contributed by atoms with van der Waals surface area (Å²) in [6.07, 6.45) is 1.76. The maximum Gasteiger partial charge on any atom is 0.100 e. The molecule has 0 spiro atoms. The van der Waals surface area contributed by atoms with Gasteiger partial charge in [0.2, 0.25) is 0 Å². The lowest BCUT2D eigenvalue weighted by Gasteiger charge is -2.05. The molecule has 3 nitrogen and oxygen atoms in total. The fourth-order valence-corrected chi connectivity index (χ4v) is 2.23. The molecule has 0 amide bonds. The van der Waals surface area contributed by atoms with E-state index < -0.39 is 0 Å². The van der Waals surface area contributed by atoms with Crippen molar-refractivity contribution in [3.63, 3.8) is 0 Å². The van der Waals surface area contributed by atoms with E-state index in [0.29, 0.717) is 0 Å². The van der Waals surface area contributed by atoms with Gasteiger partial charge >= 0.3 is 0 Å². The molecule has 2 aromatic carbocycles. The fraction of sp³-hybridized carbons (Fsp3) is 0.0500. The highest BCUT2D eigenvalue weighted by Gasteiger charge is 2.06. The number of rotatable bonds is 4. The van der Waals surface area contributed by atoms with Gasteiger partial charge in [-0.2, -0.15) is 5.10 Å². The number of nitrogens with zero attached hydrogens (tertiary/aromatic N) is 3. The molecule has 0 radical (unpaired) electrons. The zero-order chi connectivity index (χ0) is 15.9. The minimum Gasteiger partial charge on any atom is -0.255 e. The Labute approximate surface area is 136 Å². The Morgan fingerprint density at radius 3 is 1.78 bits per heavy atom. The van der Waals surface area contributed by atoms with E-state index in [2.05, 4.69) is 15.2 Å². The Bertz CT molecular complexity index is 766. The Morgan fingerprint density at radius 1 is 0.696 bits per heavy atom. The van der Waals surface area contributed by atoms with Gasteiger partial charge in [0, 0.05) is 17.3 Å². The lowest BCUT2D eigenvalue weighted by molar-refractivity contribution is 1.19. The van der Waals surface area contributed by atoms with Gasteiger partial charge in [-0.1, -0.05) is 66.7 Å². The summed E-state index contributed by atoms with van der Waals surface area (Å²) < 4.78 is 0. The average molecular weight is 299 g/mol. The molecule has 112 valence electrons. The van der Waals surface area contributed by atoms with Crippen molar-refractivity contribution in [1.29, 1.82) is 0 Å². The third kappa shape index (κ3) is 3.77. The van der Waals surface area contributed by atoms with Crippen molar-refractivity contribution in [2.24, 2.45) is 10.2 Å². The van der Waals surface area contributed by atoms with Crippen LogP contribution in [0.5, 0.6) is 0 Å². The van der Waals surface area contributed by atoms with Crippen LogP contribution >= 0.6 is 0 Å². The van der Waals surface area contributed by atoms with Gasteiger partial charge < -0.3 is 0 Å². The monoisotopic (exact) mass is 299 g/mol. The van der Waals surface area contributed by atoms with Crippen molar-refractivity contribution in [3.8, 4) is 0 Å². The summed E-state index contributed by atoms with van der Waals surface area (Å²) in [7, 11) is 0. The minimum atomic E-state index is 0.787. The van der Waals surface area contributed by atoms with Gasteiger partial charge in [0.1, 0.15) is 5.71 Å². The molecule has 0 atom stereocenters. The van der Waals surface area contributed by atoms with Crippen LogP contribution in [0.25, 0.3) is 0 Å². The molecule has 0 N–H and O–H groups in total. The second-order valence-electron chi connectivity index (χ2n) is 5.08. The summed E-state index contributed by atoms with van der Waals surface area (Å²) in [6, 6.07) is 25.9. The molecule has 3 rings (SSSR count). The summed E-state index contributed by atoms with van der Waals surface area (Å²) >= 11 is 0. The number of hydrogen-bond acceptors (Lipinski definition) is 3. The summed E-state index contributed by atoms with van der Waals surface area (Å²) in [5.41, 5.74) is 4.54. The van der Waals surface area contributed by atoms with E-state index >= 15 is 0 Å². The van der Waals surface area contributed by atoms with Crippen LogP contribution in [0.15, 0.2) is 95.3 Å². The maximum absolute atomic E-state index is 4.51. The van der Waals surface area contributed by atoms with E-state index in [1.165, 1.54) is 0 Å². The Morgan fingerprint density at radius 2 is 1.26 bits per heavy atom. The first-order valence-electron chi connectivity index (χ1n) is 7.49. The predicted octanol–water partition coefficient (Wildman–Crippen LogP) is 4.34. The largest absolute Gasteiger partial charge is 0.255 e. The van der Waals surface area contributed by atoms with Crippen molar-refractivity contribution in [2.45, 2.75) is 6.92 Å². The topological polar surface area (TPSA) is 37.6 Å². The van der Waals surface area contributed by atoms with E-state index in [1.54, 1.807) is 6.20 Å². The molecule has 0 saturated heterocycles. The van der Waals surface area contributed by atoms with Gasteiger partial charge in [-0.15, -0.1) is 5.10 Å². The van der Waals surface area contributed by atoms with Crippen LogP contribution in [-0.4, -0.2) is 16.4 Å². The smallest absolute Gasteiger partial charge is 0.100 e. The van der Waals surface area contributed by atoms with Gasteiger partial charge in [-0.25, -0.2) is 0 Å². The second-order valence-corrected chi connectivity index (χ2v) is 5.08. The van der Waals surface area contributed by atoms with Crippen LogP contribution in [0.1, 0.15) is 23.7 Å². The molecule has 1 heterocycles. The van der Waals surface area contributed by atoms with Crippen LogP contribution in [0.4, 0.5) is 0 Å². The Kier molecular flexibility index (Phi) is 4.69. The van der Waals surface area contributed by atoms with E-state index in [0.717, 1.165) is 28.2 Å². The van der Waals surface area contributed by atoms with Crippen LogP contribution in [-0.2, 0) is 0 Å². The molecule has 0 saturated carbocycles. The van der Waals surface area contributed by atoms with Gasteiger partial charge in [0.05, 0.1) is 11.4 Å².